The maximum atomic E-state index is 12.7. The first-order chi connectivity index (χ1) is 15.2. The van der Waals surface area contributed by atoms with E-state index in [1.54, 1.807) is 31.2 Å². The molecule has 0 amide bonds. The van der Waals surface area contributed by atoms with E-state index < -0.39 is 44.7 Å². The highest BCUT2D eigenvalue weighted by atomic mass is 32.2. The molecule has 0 unspecified atom stereocenters. The molecule has 8 nitrogen and oxygen atoms in total. The van der Waals surface area contributed by atoms with E-state index in [9.17, 15) is 21.9 Å². The maximum absolute atomic E-state index is 12.7. The van der Waals surface area contributed by atoms with Gasteiger partial charge in [0.2, 0.25) is 0 Å². The summed E-state index contributed by atoms with van der Waals surface area (Å²) in [5.41, 5.74) is 0.616. The van der Waals surface area contributed by atoms with Crippen molar-refractivity contribution in [3.63, 3.8) is 0 Å². The van der Waals surface area contributed by atoms with Crippen LogP contribution >= 0.6 is 0 Å². The molecular weight excluding hydrogens is 468 g/mol. The molecule has 0 heterocycles. The van der Waals surface area contributed by atoms with E-state index in [4.69, 9.17) is 13.1 Å². The molecule has 0 aromatic heterocycles. The van der Waals surface area contributed by atoms with Gasteiger partial charge in [0.05, 0.1) is 29.6 Å². The average Bonchev–Trinajstić information content (AvgIpc) is 2.74. The predicted molar refractivity (Wildman–Crippen MR) is 124 cm³/mol. The van der Waals surface area contributed by atoms with Crippen molar-refractivity contribution in [1.82, 2.24) is 0 Å². The lowest BCUT2D eigenvalue weighted by molar-refractivity contribution is -0.200. The SMILES string of the molecule is CCC(COC(C)(C)O)(COS(=O)(=O)c1ccc(C)cc1)COS(=O)(=O)c1ccc(C)cc1. The molecule has 0 aliphatic heterocycles. The first-order valence-corrected chi connectivity index (χ1v) is 13.3. The minimum absolute atomic E-state index is 0.0188. The average molecular weight is 501 g/mol. The highest BCUT2D eigenvalue weighted by Crippen LogP contribution is 2.29. The van der Waals surface area contributed by atoms with Gasteiger partial charge < -0.3 is 9.84 Å². The molecule has 0 aliphatic carbocycles. The molecule has 10 heteroatoms. The largest absolute Gasteiger partial charge is 0.366 e. The minimum atomic E-state index is -4.11. The van der Waals surface area contributed by atoms with E-state index in [0.29, 0.717) is 0 Å². The summed E-state index contributed by atoms with van der Waals surface area (Å²) >= 11 is 0. The van der Waals surface area contributed by atoms with Crippen LogP contribution in [0.4, 0.5) is 0 Å². The summed E-state index contributed by atoms with van der Waals surface area (Å²) in [4.78, 5) is -0.0376. The number of rotatable bonds is 12. The molecule has 0 bridgehead atoms. The zero-order valence-electron chi connectivity index (χ0n) is 19.6. The van der Waals surface area contributed by atoms with Gasteiger partial charge in [-0.3, -0.25) is 8.37 Å². The zero-order chi connectivity index (χ0) is 24.9. The fourth-order valence-electron chi connectivity index (χ4n) is 2.71. The molecule has 184 valence electrons. The molecule has 0 fully saturated rings. The Kier molecular flexibility index (Phi) is 8.83. The lowest BCUT2D eigenvalue weighted by atomic mass is 9.88. The van der Waals surface area contributed by atoms with Crippen LogP contribution in [0, 0.1) is 19.3 Å². The van der Waals surface area contributed by atoms with Gasteiger partial charge in [-0.05, 0) is 58.4 Å². The monoisotopic (exact) mass is 500 g/mol. The number of ether oxygens (including phenoxy) is 1. The van der Waals surface area contributed by atoms with E-state index in [-0.39, 0.29) is 22.8 Å². The van der Waals surface area contributed by atoms with Crippen LogP contribution in [0.1, 0.15) is 38.3 Å². The Morgan fingerprint density at radius 3 is 1.39 bits per heavy atom. The third kappa shape index (κ3) is 8.16. The van der Waals surface area contributed by atoms with Crippen molar-refractivity contribution >= 4 is 20.2 Å². The molecule has 0 aliphatic rings. The van der Waals surface area contributed by atoms with Crippen LogP contribution in [0.3, 0.4) is 0 Å². The summed E-state index contributed by atoms with van der Waals surface area (Å²) in [7, 11) is -8.22. The Hall–Kier alpha value is -1.82. The lowest BCUT2D eigenvalue weighted by Crippen LogP contribution is -2.41. The predicted octanol–water partition coefficient (Wildman–Crippen LogP) is 3.56. The third-order valence-electron chi connectivity index (χ3n) is 5.14. The summed E-state index contributed by atoms with van der Waals surface area (Å²) in [5, 5.41) is 10.0. The number of hydrogen-bond acceptors (Lipinski definition) is 8. The molecule has 0 spiro atoms. The Bertz CT molecular complexity index is 1030. The molecule has 1 N–H and O–H groups in total. The van der Waals surface area contributed by atoms with Gasteiger partial charge in [-0.25, -0.2) is 0 Å². The summed E-state index contributed by atoms with van der Waals surface area (Å²) in [6.07, 6.45) is 0.260. The quantitative estimate of drug-likeness (QED) is 0.347. The number of aliphatic hydroxyl groups is 1. The third-order valence-corrected chi connectivity index (χ3v) is 7.70. The second-order valence-electron chi connectivity index (χ2n) is 8.65. The van der Waals surface area contributed by atoms with Gasteiger partial charge in [0, 0.05) is 5.41 Å². The summed E-state index contributed by atoms with van der Waals surface area (Å²) in [5.74, 6) is -1.52. The van der Waals surface area contributed by atoms with Crippen molar-refractivity contribution < 1.29 is 35.0 Å². The van der Waals surface area contributed by atoms with Crippen molar-refractivity contribution in [2.75, 3.05) is 19.8 Å². The first kappa shape index (κ1) is 27.4. The van der Waals surface area contributed by atoms with Crippen molar-refractivity contribution in [3.8, 4) is 0 Å². The molecule has 33 heavy (non-hydrogen) atoms. The first-order valence-electron chi connectivity index (χ1n) is 10.5. The normalized spacial score (nSPS) is 13.3. The van der Waals surface area contributed by atoms with Crippen LogP contribution in [-0.2, 0) is 33.3 Å². The summed E-state index contributed by atoms with van der Waals surface area (Å²) < 4.78 is 66.8. The number of aryl methyl sites for hydroxylation is 2. The second kappa shape index (κ2) is 10.6. The molecule has 2 aromatic carbocycles. The van der Waals surface area contributed by atoms with E-state index in [1.165, 1.54) is 38.1 Å². The van der Waals surface area contributed by atoms with Crippen LogP contribution in [0.15, 0.2) is 58.3 Å². The fraction of sp³-hybridized carbons (Fsp3) is 0.478. The van der Waals surface area contributed by atoms with Gasteiger partial charge in [-0.1, -0.05) is 42.3 Å². The zero-order valence-corrected chi connectivity index (χ0v) is 21.2. The molecular formula is C23H32O8S2. The summed E-state index contributed by atoms with van der Waals surface area (Å²) in [6, 6.07) is 12.3. The van der Waals surface area contributed by atoms with Crippen LogP contribution in [0.2, 0.25) is 0 Å². The Balaban J connectivity index is 2.25. The van der Waals surface area contributed by atoms with Gasteiger partial charge in [-0.2, -0.15) is 16.8 Å². The lowest BCUT2D eigenvalue weighted by Gasteiger charge is -2.33. The molecule has 0 atom stereocenters. The topological polar surface area (TPSA) is 116 Å². The smallest absolute Gasteiger partial charge is 0.296 e. The maximum Gasteiger partial charge on any atom is 0.296 e. The van der Waals surface area contributed by atoms with Crippen molar-refractivity contribution in [2.24, 2.45) is 5.41 Å². The highest BCUT2D eigenvalue weighted by molar-refractivity contribution is 7.87. The van der Waals surface area contributed by atoms with Gasteiger partial charge in [0.15, 0.2) is 5.79 Å². The van der Waals surface area contributed by atoms with Gasteiger partial charge in [-0.15, -0.1) is 0 Å². The number of benzene rings is 2. The minimum Gasteiger partial charge on any atom is -0.366 e. The van der Waals surface area contributed by atoms with Crippen LogP contribution in [-0.4, -0.2) is 47.5 Å². The van der Waals surface area contributed by atoms with E-state index in [2.05, 4.69) is 0 Å². The van der Waals surface area contributed by atoms with Crippen LogP contribution in [0.25, 0.3) is 0 Å². The van der Waals surface area contributed by atoms with Gasteiger partial charge in [0.25, 0.3) is 20.2 Å². The second-order valence-corrected chi connectivity index (χ2v) is 11.9. The fourth-order valence-corrected chi connectivity index (χ4v) is 4.73. The Morgan fingerprint density at radius 1 is 0.727 bits per heavy atom. The molecule has 0 saturated carbocycles. The Morgan fingerprint density at radius 2 is 1.09 bits per heavy atom. The van der Waals surface area contributed by atoms with Crippen molar-refractivity contribution in [2.45, 2.75) is 56.6 Å². The van der Waals surface area contributed by atoms with Crippen LogP contribution in [0.5, 0.6) is 0 Å². The van der Waals surface area contributed by atoms with Gasteiger partial charge >= 0.3 is 0 Å². The molecule has 2 aromatic rings. The Labute approximate surface area is 196 Å². The molecule has 2 rings (SSSR count). The molecule has 0 saturated heterocycles. The summed E-state index contributed by atoms with van der Waals surface area (Å²) in [6.45, 7) is 7.23. The van der Waals surface area contributed by atoms with Crippen molar-refractivity contribution in [1.29, 1.82) is 0 Å². The highest BCUT2D eigenvalue weighted by Gasteiger charge is 2.36. The van der Waals surface area contributed by atoms with Crippen molar-refractivity contribution in [3.05, 3.63) is 59.7 Å². The van der Waals surface area contributed by atoms with E-state index in [0.717, 1.165) is 11.1 Å². The van der Waals surface area contributed by atoms with E-state index in [1.807, 2.05) is 13.8 Å². The standard InChI is InChI=1S/C23H32O8S2/c1-6-23(15-29-22(4,5)24,16-30-32(25,26)20-11-7-18(2)8-12-20)17-31-33(27,28)21-13-9-19(3)10-14-21/h7-14,24H,6,15-17H2,1-5H3. The molecule has 0 radical (unpaired) electrons. The van der Waals surface area contributed by atoms with Gasteiger partial charge in [0.1, 0.15) is 0 Å². The van der Waals surface area contributed by atoms with E-state index >= 15 is 0 Å². The number of hydrogen-bond donors (Lipinski definition) is 1. The van der Waals surface area contributed by atoms with Crippen LogP contribution < -0.4 is 0 Å².